The molecule has 1 rings (SSSR count). The third-order valence-corrected chi connectivity index (χ3v) is 3.85. The van der Waals surface area contributed by atoms with Crippen molar-refractivity contribution in [1.29, 1.82) is 0 Å². The van der Waals surface area contributed by atoms with Crippen molar-refractivity contribution in [2.75, 3.05) is 0 Å². The van der Waals surface area contributed by atoms with Crippen LogP contribution in [0.5, 0.6) is 0 Å². The number of nitrogens with one attached hydrogen (secondary N) is 1. The van der Waals surface area contributed by atoms with Crippen molar-refractivity contribution in [3.63, 3.8) is 0 Å². The van der Waals surface area contributed by atoms with Crippen molar-refractivity contribution in [1.82, 2.24) is 5.32 Å². The van der Waals surface area contributed by atoms with Gasteiger partial charge in [-0.2, -0.15) is 0 Å². The van der Waals surface area contributed by atoms with E-state index >= 15 is 0 Å². The summed E-state index contributed by atoms with van der Waals surface area (Å²) in [7, 11) is 0. The highest BCUT2D eigenvalue weighted by Crippen LogP contribution is 2.14. The molecule has 0 aliphatic carbocycles. The number of hydrogen-bond acceptors (Lipinski definition) is 1. The molecular weight excluding hydrogens is 274 g/mol. The van der Waals surface area contributed by atoms with Crippen LogP contribution in [0, 0.1) is 5.92 Å². The zero-order valence-corrected chi connectivity index (χ0v) is 12.8. The maximum Gasteiger partial charge on any atom is 0.0208 e. The first-order chi connectivity index (χ1) is 8.15. The van der Waals surface area contributed by atoms with Crippen LogP contribution in [0.1, 0.15) is 45.6 Å². The molecular formula is C15H24BrN. The summed E-state index contributed by atoms with van der Waals surface area (Å²) >= 11 is 3.51. The van der Waals surface area contributed by atoms with E-state index in [9.17, 15) is 0 Å². The van der Waals surface area contributed by atoms with Crippen LogP contribution in [-0.2, 0) is 6.54 Å². The van der Waals surface area contributed by atoms with E-state index in [2.05, 4.69) is 66.3 Å². The molecule has 0 heterocycles. The van der Waals surface area contributed by atoms with Gasteiger partial charge in [0.05, 0.1) is 0 Å². The fraction of sp³-hybridized carbons (Fsp3) is 0.600. The molecule has 0 saturated carbocycles. The van der Waals surface area contributed by atoms with Crippen molar-refractivity contribution in [3.8, 4) is 0 Å². The number of halogens is 1. The number of rotatable bonds is 7. The Morgan fingerprint density at radius 1 is 1.24 bits per heavy atom. The minimum atomic E-state index is 0.643. The highest BCUT2D eigenvalue weighted by molar-refractivity contribution is 9.10. The standard InChI is InChI=1S/C15H24BrN/c1-4-12(3)9-15(5-2)17-11-13-7-6-8-14(16)10-13/h6-8,10,12,15,17H,4-5,9,11H2,1-3H3. The molecule has 0 aliphatic heterocycles. The Labute approximate surface area is 114 Å². The van der Waals surface area contributed by atoms with Gasteiger partial charge in [-0.1, -0.05) is 55.3 Å². The average Bonchev–Trinajstić information content (AvgIpc) is 2.34. The highest BCUT2D eigenvalue weighted by atomic mass is 79.9. The second kappa shape index (κ2) is 7.88. The highest BCUT2D eigenvalue weighted by Gasteiger charge is 2.09. The zero-order chi connectivity index (χ0) is 12.7. The first-order valence-corrected chi connectivity index (χ1v) is 7.42. The van der Waals surface area contributed by atoms with Crippen molar-refractivity contribution in [3.05, 3.63) is 34.3 Å². The molecule has 1 N–H and O–H groups in total. The Hall–Kier alpha value is -0.340. The lowest BCUT2D eigenvalue weighted by molar-refractivity contribution is 0.384. The Balaban J connectivity index is 2.42. The lowest BCUT2D eigenvalue weighted by Crippen LogP contribution is -2.29. The van der Waals surface area contributed by atoms with Crippen LogP contribution in [0.3, 0.4) is 0 Å². The lowest BCUT2D eigenvalue weighted by atomic mass is 9.97. The molecule has 17 heavy (non-hydrogen) atoms. The molecule has 96 valence electrons. The fourth-order valence-corrected chi connectivity index (χ4v) is 2.40. The molecule has 2 heteroatoms. The SMILES string of the molecule is CCC(C)CC(CC)NCc1cccc(Br)c1. The van der Waals surface area contributed by atoms with Crippen LogP contribution in [0.2, 0.25) is 0 Å². The molecule has 1 nitrogen and oxygen atoms in total. The summed E-state index contributed by atoms with van der Waals surface area (Å²) < 4.78 is 1.16. The van der Waals surface area contributed by atoms with Crippen LogP contribution < -0.4 is 5.32 Å². The normalized spacial score (nSPS) is 14.6. The number of hydrogen-bond donors (Lipinski definition) is 1. The largest absolute Gasteiger partial charge is 0.310 e. The van der Waals surface area contributed by atoms with Crippen molar-refractivity contribution in [2.45, 2.75) is 52.6 Å². The van der Waals surface area contributed by atoms with Crippen LogP contribution in [0.15, 0.2) is 28.7 Å². The van der Waals surface area contributed by atoms with Crippen LogP contribution in [0.4, 0.5) is 0 Å². The Kier molecular flexibility index (Phi) is 6.83. The van der Waals surface area contributed by atoms with E-state index in [1.54, 1.807) is 0 Å². The quantitative estimate of drug-likeness (QED) is 0.765. The molecule has 0 bridgehead atoms. The van der Waals surface area contributed by atoms with Crippen LogP contribution in [-0.4, -0.2) is 6.04 Å². The minimum absolute atomic E-state index is 0.643. The average molecular weight is 298 g/mol. The summed E-state index contributed by atoms with van der Waals surface area (Å²) in [5, 5.41) is 3.66. The molecule has 0 aliphatic rings. The maximum absolute atomic E-state index is 3.66. The predicted octanol–water partition coefficient (Wildman–Crippen LogP) is 4.75. The summed E-state index contributed by atoms with van der Waals surface area (Å²) in [6, 6.07) is 9.16. The molecule has 1 aromatic rings. The monoisotopic (exact) mass is 297 g/mol. The molecule has 2 atom stereocenters. The second-order valence-electron chi connectivity index (χ2n) is 4.87. The Morgan fingerprint density at radius 3 is 2.59 bits per heavy atom. The van der Waals surface area contributed by atoms with Gasteiger partial charge >= 0.3 is 0 Å². The van der Waals surface area contributed by atoms with E-state index in [4.69, 9.17) is 0 Å². The zero-order valence-electron chi connectivity index (χ0n) is 11.2. The summed E-state index contributed by atoms with van der Waals surface area (Å²) in [5.74, 6) is 0.815. The van der Waals surface area contributed by atoms with Gasteiger partial charge in [0.25, 0.3) is 0 Å². The lowest BCUT2D eigenvalue weighted by Gasteiger charge is -2.20. The molecule has 0 radical (unpaired) electrons. The third-order valence-electron chi connectivity index (χ3n) is 3.36. The molecule has 0 saturated heterocycles. The Morgan fingerprint density at radius 2 is 2.00 bits per heavy atom. The van der Waals surface area contributed by atoms with Gasteiger partial charge in [-0.25, -0.2) is 0 Å². The fourth-order valence-electron chi connectivity index (χ4n) is 1.96. The third kappa shape index (κ3) is 5.69. The molecule has 2 unspecified atom stereocenters. The van der Waals surface area contributed by atoms with Crippen molar-refractivity contribution in [2.24, 2.45) is 5.92 Å². The summed E-state index contributed by atoms with van der Waals surface area (Å²) in [6.45, 7) is 7.84. The van der Waals surface area contributed by atoms with E-state index in [0.717, 1.165) is 16.9 Å². The van der Waals surface area contributed by atoms with E-state index < -0.39 is 0 Å². The van der Waals surface area contributed by atoms with Crippen molar-refractivity contribution >= 4 is 15.9 Å². The van der Waals surface area contributed by atoms with E-state index in [-0.39, 0.29) is 0 Å². The van der Waals surface area contributed by atoms with Gasteiger partial charge in [-0.15, -0.1) is 0 Å². The first kappa shape index (κ1) is 14.7. The molecule has 0 fully saturated rings. The van der Waals surface area contributed by atoms with E-state index in [0.29, 0.717) is 6.04 Å². The van der Waals surface area contributed by atoms with Gasteiger partial charge in [0.2, 0.25) is 0 Å². The van der Waals surface area contributed by atoms with Gasteiger partial charge in [-0.3, -0.25) is 0 Å². The van der Waals surface area contributed by atoms with E-state index in [1.807, 2.05) is 0 Å². The summed E-state index contributed by atoms with van der Waals surface area (Å²) in [5.41, 5.74) is 1.35. The topological polar surface area (TPSA) is 12.0 Å². The molecule has 1 aromatic carbocycles. The van der Waals surface area contributed by atoms with Gasteiger partial charge in [0.1, 0.15) is 0 Å². The summed E-state index contributed by atoms with van der Waals surface area (Å²) in [6.07, 6.45) is 3.76. The Bertz CT molecular complexity index is 324. The summed E-state index contributed by atoms with van der Waals surface area (Å²) in [4.78, 5) is 0. The van der Waals surface area contributed by atoms with Gasteiger partial charge < -0.3 is 5.32 Å². The van der Waals surface area contributed by atoms with Crippen LogP contribution >= 0.6 is 15.9 Å². The van der Waals surface area contributed by atoms with Crippen LogP contribution in [0.25, 0.3) is 0 Å². The molecule has 0 spiro atoms. The first-order valence-electron chi connectivity index (χ1n) is 6.63. The number of benzene rings is 1. The van der Waals surface area contributed by atoms with Gasteiger partial charge in [-0.05, 0) is 36.5 Å². The predicted molar refractivity (Wildman–Crippen MR) is 79.1 cm³/mol. The molecule has 0 amide bonds. The maximum atomic E-state index is 3.66. The molecule has 0 aromatic heterocycles. The minimum Gasteiger partial charge on any atom is -0.310 e. The van der Waals surface area contributed by atoms with Crippen molar-refractivity contribution < 1.29 is 0 Å². The van der Waals surface area contributed by atoms with Gasteiger partial charge in [0, 0.05) is 17.1 Å². The second-order valence-corrected chi connectivity index (χ2v) is 5.78. The smallest absolute Gasteiger partial charge is 0.0208 e. The van der Waals surface area contributed by atoms with E-state index in [1.165, 1.54) is 24.8 Å². The van der Waals surface area contributed by atoms with Gasteiger partial charge in [0.15, 0.2) is 0 Å².